The van der Waals surface area contributed by atoms with Crippen molar-refractivity contribution in [2.24, 2.45) is 0 Å². The average molecular weight is 373 g/mol. The minimum Gasteiger partial charge on any atom is -0.444 e. The highest BCUT2D eigenvalue weighted by atomic mass is 35.5. The maximum Gasteiger partial charge on any atom is 0.410 e. The number of hydrogen-bond donors (Lipinski definition) is 0. The van der Waals surface area contributed by atoms with Gasteiger partial charge in [-0.25, -0.2) is 4.79 Å². The standard InChI is InChI=1S/C16H21ClN2O2S2/c1-16(2,3)21-14(20)18-7-9-19(10-8-18)15(22)23-13-6-4-5-12(17)11-13/h4-6,11H,7-10H2,1-3H3. The summed E-state index contributed by atoms with van der Waals surface area (Å²) in [6.45, 7) is 8.28. The molecule has 0 bridgehead atoms. The molecule has 1 aliphatic heterocycles. The van der Waals surface area contributed by atoms with Crippen LogP contribution in [-0.2, 0) is 4.74 Å². The summed E-state index contributed by atoms with van der Waals surface area (Å²) in [5.41, 5.74) is -0.466. The van der Waals surface area contributed by atoms with Crippen molar-refractivity contribution in [1.29, 1.82) is 0 Å². The number of ether oxygens (including phenoxy) is 1. The van der Waals surface area contributed by atoms with E-state index in [2.05, 4.69) is 4.90 Å². The first-order chi connectivity index (χ1) is 10.7. The van der Waals surface area contributed by atoms with Crippen LogP contribution in [0, 0.1) is 0 Å². The van der Waals surface area contributed by atoms with Gasteiger partial charge in [-0.15, -0.1) is 0 Å². The Kier molecular flexibility index (Phi) is 6.17. The second-order valence-corrected chi connectivity index (χ2v) is 8.42. The van der Waals surface area contributed by atoms with Gasteiger partial charge in [0.25, 0.3) is 0 Å². The molecule has 1 fully saturated rings. The first-order valence-electron chi connectivity index (χ1n) is 7.45. The summed E-state index contributed by atoms with van der Waals surface area (Å²) >= 11 is 13.0. The molecule has 0 saturated carbocycles. The van der Waals surface area contributed by atoms with Crippen LogP contribution in [0.4, 0.5) is 4.79 Å². The van der Waals surface area contributed by atoms with E-state index in [1.165, 1.54) is 11.8 Å². The van der Waals surface area contributed by atoms with Crippen molar-refractivity contribution >= 4 is 46.0 Å². The summed E-state index contributed by atoms with van der Waals surface area (Å²) in [6, 6.07) is 7.64. The lowest BCUT2D eigenvalue weighted by Crippen LogP contribution is -2.50. The second kappa shape index (κ2) is 7.73. The topological polar surface area (TPSA) is 32.8 Å². The Balaban J connectivity index is 1.84. The van der Waals surface area contributed by atoms with Crippen LogP contribution < -0.4 is 0 Å². The minimum atomic E-state index is -0.466. The number of amides is 1. The fourth-order valence-electron chi connectivity index (χ4n) is 2.09. The molecular weight excluding hydrogens is 352 g/mol. The molecule has 2 rings (SSSR count). The van der Waals surface area contributed by atoms with Crippen molar-refractivity contribution in [3.05, 3.63) is 29.3 Å². The van der Waals surface area contributed by atoms with E-state index in [9.17, 15) is 4.79 Å². The van der Waals surface area contributed by atoms with Crippen molar-refractivity contribution < 1.29 is 9.53 Å². The van der Waals surface area contributed by atoms with Crippen LogP contribution >= 0.6 is 35.6 Å². The molecule has 1 aromatic carbocycles. The van der Waals surface area contributed by atoms with Gasteiger partial charge in [-0.05, 0) is 39.0 Å². The second-order valence-electron chi connectivity index (χ2n) is 6.28. The van der Waals surface area contributed by atoms with Gasteiger partial charge in [0.1, 0.15) is 9.92 Å². The van der Waals surface area contributed by atoms with Crippen molar-refractivity contribution in [3.8, 4) is 0 Å². The Bertz CT molecular complexity index is 582. The van der Waals surface area contributed by atoms with Crippen molar-refractivity contribution in [1.82, 2.24) is 9.80 Å². The summed E-state index contributed by atoms with van der Waals surface area (Å²) in [5, 5.41) is 0.701. The maximum absolute atomic E-state index is 12.1. The fourth-order valence-corrected chi connectivity index (χ4v) is 3.67. The number of carbonyl (C=O) groups is 1. The Labute approximate surface area is 152 Å². The molecule has 0 unspecified atom stereocenters. The number of hydrogen-bond acceptors (Lipinski definition) is 4. The molecule has 1 aliphatic rings. The third-order valence-electron chi connectivity index (χ3n) is 3.19. The lowest BCUT2D eigenvalue weighted by molar-refractivity contribution is 0.0189. The summed E-state index contributed by atoms with van der Waals surface area (Å²) in [7, 11) is 0. The summed E-state index contributed by atoms with van der Waals surface area (Å²) in [6.07, 6.45) is -0.259. The van der Waals surface area contributed by atoms with Gasteiger partial charge >= 0.3 is 6.09 Å². The molecule has 1 aromatic rings. The van der Waals surface area contributed by atoms with E-state index >= 15 is 0 Å². The van der Waals surface area contributed by atoms with Crippen LogP contribution in [0.2, 0.25) is 5.02 Å². The number of piperazine rings is 1. The molecule has 0 N–H and O–H groups in total. The van der Waals surface area contributed by atoms with E-state index in [-0.39, 0.29) is 6.09 Å². The number of thiocarbonyl (C=S) groups is 1. The number of rotatable bonds is 1. The van der Waals surface area contributed by atoms with E-state index in [4.69, 9.17) is 28.6 Å². The molecule has 0 atom stereocenters. The molecule has 7 heteroatoms. The molecule has 23 heavy (non-hydrogen) atoms. The smallest absolute Gasteiger partial charge is 0.410 e. The third-order valence-corrected chi connectivity index (χ3v) is 4.86. The third kappa shape index (κ3) is 5.86. The molecule has 4 nitrogen and oxygen atoms in total. The van der Waals surface area contributed by atoms with Gasteiger partial charge in [0.15, 0.2) is 0 Å². The van der Waals surface area contributed by atoms with Crippen LogP contribution in [0.1, 0.15) is 20.8 Å². The molecule has 1 saturated heterocycles. The Morgan fingerprint density at radius 1 is 1.22 bits per heavy atom. The number of nitrogens with zero attached hydrogens (tertiary/aromatic N) is 2. The van der Waals surface area contributed by atoms with Gasteiger partial charge in [0.2, 0.25) is 0 Å². The van der Waals surface area contributed by atoms with Crippen LogP contribution in [0.5, 0.6) is 0 Å². The Morgan fingerprint density at radius 2 is 1.83 bits per heavy atom. The molecule has 0 aliphatic carbocycles. The van der Waals surface area contributed by atoms with E-state index in [0.29, 0.717) is 31.2 Å². The van der Waals surface area contributed by atoms with Gasteiger partial charge < -0.3 is 14.5 Å². The SMILES string of the molecule is CC(C)(C)OC(=O)N1CCN(C(=S)Sc2cccc(Cl)c2)CC1. The average Bonchev–Trinajstić information content (AvgIpc) is 2.45. The minimum absolute atomic E-state index is 0.259. The first-order valence-corrected chi connectivity index (χ1v) is 9.05. The van der Waals surface area contributed by atoms with Crippen LogP contribution in [0.15, 0.2) is 29.2 Å². The predicted molar refractivity (Wildman–Crippen MR) is 99.3 cm³/mol. The molecular formula is C16H21ClN2O2S2. The monoisotopic (exact) mass is 372 g/mol. The zero-order valence-corrected chi connectivity index (χ0v) is 15.9. The molecule has 0 spiro atoms. The van der Waals surface area contributed by atoms with Gasteiger partial charge in [0.05, 0.1) is 0 Å². The van der Waals surface area contributed by atoms with Gasteiger partial charge in [-0.2, -0.15) is 0 Å². The van der Waals surface area contributed by atoms with Crippen LogP contribution in [0.25, 0.3) is 0 Å². The van der Waals surface area contributed by atoms with Crippen LogP contribution in [-0.4, -0.2) is 52.0 Å². The highest BCUT2D eigenvalue weighted by molar-refractivity contribution is 8.22. The summed E-state index contributed by atoms with van der Waals surface area (Å²) in [4.78, 5) is 16.9. The molecule has 126 valence electrons. The van der Waals surface area contributed by atoms with Crippen molar-refractivity contribution in [3.63, 3.8) is 0 Å². The van der Waals surface area contributed by atoms with E-state index in [1.807, 2.05) is 45.0 Å². The lowest BCUT2D eigenvalue weighted by Gasteiger charge is -2.36. The highest BCUT2D eigenvalue weighted by Gasteiger charge is 2.26. The van der Waals surface area contributed by atoms with Gasteiger partial charge in [-0.3, -0.25) is 0 Å². The summed E-state index contributed by atoms with van der Waals surface area (Å²) < 4.78 is 6.20. The fraction of sp³-hybridized carbons (Fsp3) is 0.500. The maximum atomic E-state index is 12.1. The van der Waals surface area contributed by atoms with E-state index in [0.717, 1.165) is 9.22 Å². The van der Waals surface area contributed by atoms with Gasteiger partial charge in [0, 0.05) is 36.1 Å². The largest absolute Gasteiger partial charge is 0.444 e. The van der Waals surface area contributed by atoms with Crippen LogP contribution in [0.3, 0.4) is 0 Å². The number of thioether (sulfide) groups is 1. The van der Waals surface area contributed by atoms with Crippen molar-refractivity contribution in [2.75, 3.05) is 26.2 Å². The lowest BCUT2D eigenvalue weighted by atomic mass is 10.2. The van der Waals surface area contributed by atoms with E-state index < -0.39 is 5.60 Å². The zero-order valence-electron chi connectivity index (χ0n) is 13.5. The first kappa shape index (κ1) is 18.4. The number of carbonyl (C=O) groups excluding carboxylic acids is 1. The summed E-state index contributed by atoms with van der Waals surface area (Å²) in [5.74, 6) is 0. The van der Waals surface area contributed by atoms with Gasteiger partial charge in [-0.1, -0.05) is 41.6 Å². The van der Waals surface area contributed by atoms with Crippen molar-refractivity contribution in [2.45, 2.75) is 31.3 Å². The molecule has 0 aromatic heterocycles. The quantitative estimate of drug-likeness (QED) is 0.543. The molecule has 1 heterocycles. The normalized spacial score (nSPS) is 15.5. The highest BCUT2D eigenvalue weighted by Crippen LogP contribution is 2.25. The number of halogens is 1. The number of benzene rings is 1. The predicted octanol–water partition coefficient (Wildman–Crippen LogP) is 4.27. The molecule has 1 amide bonds. The zero-order chi connectivity index (χ0) is 17.0. The Hall–Kier alpha value is -0.980. The Morgan fingerprint density at radius 3 is 2.39 bits per heavy atom. The molecule has 0 radical (unpaired) electrons. The van der Waals surface area contributed by atoms with E-state index in [1.54, 1.807) is 4.90 Å².